The van der Waals surface area contributed by atoms with Crippen LogP contribution < -0.4 is 5.73 Å². The van der Waals surface area contributed by atoms with Gasteiger partial charge in [0.15, 0.2) is 0 Å². The van der Waals surface area contributed by atoms with Crippen molar-refractivity contribution in [2.24, 2.45) is 5.73 Å². The summed E-state index contributed by atoms with van der Waals surface area (Å²) < 4.78 is 0. The molecule has 0 fully saturated rings. The lowest BCUT2D eigenvalue weighted by Gasteiger charge is -2.07. The van der Waals surface area contributed by atoms with E-state index in [1.54, 1.807) is 18.6 Å². The molecule has 1 aromatic heterocycles. The minimum Gasteiger partial charge on any atom is -0.323 e. The van der Waals surface area contributed by atoms with Crippen LogP contribution in [0.2, 0.25) is 0 Å². The van der Waals surface area contributed by atoms with E-state index in [1.165, 1.54) is 0 Å². The Morgan fingerprint density at radius 3 is 2.91 bits per heavy atom. The molecule has 0 aliphatic heterocycles. The molecule has 0 bridgehead atoms. The highest BCUT2D eigenvalue weighted by atomic mass is 14.8. The van der Waals surface area contributed by atoms with Crippen molar-refractivity contribution in [1.82, 2.24) is 9.97 Å². The van der Waals surface area contributed by atoms with Crippen molar-refractivity contribution in [3.05, 3.63) is 24.3 Å². The van der Waals surface area contributed by atoms with Gasteiger partial charge in [-0.05, 0) is 6.42 Å². The van der Waals surface area contributed by atoms with Gasteiger partial charge >= 0.3 is 0 Å². The van der Waals surface area contributed by atoms with E-state index < -0.39 is 0 Å². The Bertz CT molecular complexity index is 198. The zero-order valence-electron chi connectivity index (χ0n) is 6.70. The summed E-state index contributed by atoms with van der Waals surface area (Å²) >= 11 is 0. The molecular formula is C8H13N3. The molecule has 1 aromatic rings. The SMILES string of the molecule is CCC[C@H](N)c1cnccn1. The third-order valence-electron chi connectivity index (χ3n) is 1.56. The van der Waals surface area contributed by atoms with E-state index in [0.717, 1.165) is 18.5 Å². The van der Waals surface area contributed by atoms with Crippen LogP contribution in [0.15, 0.2) is 18.6 Å². The molecule has 0 unspecified atom stereocenters. The third kappa shape index (κ3) is 2.27. The first-order chi connectivity index (χ1) is 5.34. The van der Waals surface area contributed by atoms with E-state index in [9.17, 15) is 0 Å². The van der Waals surface area contributed by atoms with Crippen molar-refractivity contribution >= 4 is 0 Å². The molecule has 3 heteroatoms. The van der Waals surface area contributed by atoms with Gasteiger partial charge in [0.05, 0.1) is 5.69 Å². The summed E-state index contributed by atoms with van der Waals surface area (Å²) in [4.78, 5) is 8.06. The predicted octanol–water partition coefficient (Wildman–Crippen LogP) is 1.28. The first kappa shape index (κ1) is 8.14. The van der Waals surface area contributed by atoms with E-state index in [1.807, 2.05) is 0 Å². The van der Waals surface area contributed by atoms with Crippen LogP contribution in [-0.4, -0.2) is 9.97 Å². The zero-order valence-corrected chi connectivity index (χ0v) is 6.70. The fraction of sp³-hybridized carbons (Fsp3) is 0.500. The topological polar surface area (TPSA) is 51.8 Å². The Balaban J connectivity index is 2.61. The summed E-state index contributed by atoms with van der Waals surface area (Å²) in [6, 6.07) is 0.0497. The normalized spacial score (nSPS) is 12.9. The number of nitrogens with two attached hydrogens (primary N) is 1. The van der Waals surface area contributed by atoms with Crippen molar-refractivity contribution in [2.75, 3.05) is 0 Å². The maximum atomic E-state index is 5.80. The van der Waals surface area contributed by atoms with Crippen LogP contribution >= 0.6 is 0 Å². The molecule has 3 nitrogen and oxygen atoms in total. The van der Waals surface area contributed by atoms with Crippen molar-refractivity contribution in [1.29, 1.82) is 0 Å². The molecule has 1 atom stereocenters. The third-order valence-corrected chi connectivity index (χ3v) is 1.56. The van der Waals surface area contributed by atoms with E-state index in [-0.39, 0.29) is 6.04 Å². The monoisotopic (exact) mass is 151 g/mol. The quantitative estimate of drug-likeness (QED) is 0.707. The molecule has 0 aliphatic rings. The fourth-order valence-corrected chi connectivity index (χ4v) is 0.961. The highest BCUT2D eigenvalue weighted by molar-refractivity contribution is 5.00. The van der Waals surface area contributed by atoms with Gasteiger partial charge in [0.2, 0.25) is 0 Å². The van der Waals surface area contributed by atoms with Gasteiger partial charge in [0.1, 0.15) is 0 Å². The Morgan fingerprint density at radius 2 is 2.36 bits per heavy atom. The predicted molar refractivity (Wildman–Crippen MR) is 43.9 cm³/mol. The summed E-state index contributed by atoms with van der Waals surface area (Å²) in [6.45, 7) is 2.11. The van der Waals surface area contributed by atoms with Crippen LogP contribution in [0.1, 0.15) is 31.5 Å². The first-order valence-corrected chi connectivity index (χ1v) is 3.86. The van der Waals surface area contributed by atoms with Crippen LogP contribution in [0, 0.1) is 0 Å². The summed E-state index contributed by atoms with van der Waals surface area (Å²) in [7, 11) is 0. The molecule has 0 saturated carbocycles. The van der Waals surface area contributed by atoms with Crippen LogP contribution in [0.3, 0.4) is 0 Å². The molecule has 11 heavy (non-hydrogen) atoms. The lowest BCUT2D eigenvalue weighted by Crippen LogP contribution is -2.11. The molecule has 0 saturated heterocycles. The molecule has 0 aromatic carbocycles. The van der Waals surface area contributed by atoms with Crippen LogP contribution in [0.25, 0.3) is 0 Å². The zero-order chi connectivity index (χ0) is 8.10. The Morgan fingerprint density at radius 1 is 1.55 bits per heavy atom. The van der Waals surface area contributed by atoms with E-state index in [4.69, 9.17) is 5.73 Å². The number of aromatic nitrogens is 2. The lowest BCUT2D eigenvalue weighted by atomic mass is 10.1. The number of nitrogens with zero attached hydrogens (tertiary/aromatic N) is 2. The van der Waals surface area contributed by atoms with Gasteiger partial charge in [-0.25, -0.2) is 0 Å². The van der Waals surface area contributed by atoms with E-state index in [0.29, 0.717) is 0 Å². The highest BCUT2D eigenvalue weighted by Crippen LogP contribution is 2.10. The molecule has 2 N–H and O–H groups in total. The number of hydrogen-bond donors (Lipinski definition) is 1. The maximum Gasteiger partial charge on any atom is 0.0753 e. The summed E-state index contributed by atoms with van der Waals surface area (Å²) in [6.07, 6.45) is 7.10. The van der Waals surface area contributed by atoms with Crippen molar-refractivity contribution < 1.29 is 0 Å². The standard InChI is InChI=1S/C8H13N3/c1-2-3-7(9)8-6-10-4-5-11-8/h4-7H,2-3,9H2,1H3/t7-/m0/s1. The molecule has 0 amide bonds. The lowest BCUT2D eigenvalue weighted by molar-refractivity contribution is 0.618. The van der Waals surface area contributed by atoms with Gasteiger partial charge in [0.25, 0.3) is 0 Å². The van der Waals surface area contributed by atoms with Crippen LogP contribution in [0.4, 0.5) is 0 Å². The summed E-state index contributed by atoms with van der Waals surface area (Å²) in [5.74, 6) is 0. The average Bonchev–Trinajstić information content (AvgIpc) is 2.07. The van der Waals surface area contributed by atoms with Gasteiger partial charge in [0, 0.05) is 24.6 Å². The molecule has 1 rings (SSSR count). The molecule has 0 radical (unpaired) electrons. The van der Waals surface area contributed by atoms with E-state index >= 15 is 0 Å². The van der Waals surface area contributed by atoms with Gasteiger partial charge in [-0.15, -0.1) is 0 Å². The second-order valence-electron chi connectivity index (χ2n) is 2.53. The summed E-state index contributed by atoms with van der Waals surface area (Å²) in [5, 5.41) is 0. The minimum absolute atomic E-state index is 0.0497. The van der Waals surface area contributed by atoms with Gasteiger partial charge in [-0.3, -0.25) is 9.97 Å². The number of rotatable bonds is 3. The van der Waals surface area contributed by atoms with Gasteiger partial charge in [-0.2, -0.15) is 0 Å². The average molecular weight is 151 g/mol. The van der Waals surface area contributed by atoms with Crippen molar-refractivity contribution in [3.8, 4) is 0 Å². The molecular weight excluding hydrogens is 138 g/mol. The Hall–Kier alpha value is -0.960. The molecule has 1 heterocycles. The second kappa shape index (κ2) is 4.03. The molecule has 60 valence electrons. The highest BCUT2D eigenvalue weighted by Gasteiger charge is 2.04. The van der Waals surface area contributed by atoms with Gasteiger partial charge in [-0.1, -0.05) is 13.3 Å². The first-order valence-electron chi connectivity index (χ1n) is 3.86. The molecule has 0 spiro atoms. The molecule has 0 aliphatic carbocycles. The van der Waals surface area contributed by atoms with Gasteiger partial charge < -0.3 is 5.73 Å². The largest absolute Gasteiger partial charge is 0.323 e. The van der Waals surface area contributed by atoms with Crippen molar-refractivity contribution in [3.63, 3.8) is 0 Å². The fourth-order valence-electron chi connectivity index (χ4n) is 0.961. The smallest absolute Gasteiger partial charge is 0.0753 e. The minimum atomic E-state index is 0.0497. The second-order valence-corrected chi connectivity index (χ2v) is 2.53. The van der Waals surface area contributed by atoms with Crippen LogP contribution in [-0.2, 0) is 0 Å². The van der Waals surface area contributed by atoms with E-state index in [2.05, 4.69) is 16.9 Å². The van der Waals surface area contributed by atoms with Crippen LogP contribution in [0.5, 0.6) is 0 Å². The maximum absolute atomic E-state index is 5.80. The summed E-state index contributed by atoms with van der Waals surface area (Å²) in [5.41, 5.74) is 6.69. The Kier molecular flexibility index (Phi) is 2.98. The number of hydrogen-bond acceptors (Lipinski definition) is 3. The Labute approximate surface area is 66.7 Å². The van der Waals surface area contributed by atoms with Crippen molar-refractivity contribution in [2.45, 2.75) is 25.8 Å².